The fourth-order valence-electron chi connectivity index (χ4n) is 6.35. The maximum Gasteiger partial charge on any atom is 0.414 e. The maximum atomic E-state index is 12.6. The first-order valence-electron chi connectivity index (χ1n) is 13.2. The van der Waals surface area contributed by atoms with Crippen LogP contribution in [0.1, 0.15) is 82.1 Å². The molecule has 2 aliphatic heterocycles. The van der Waals surface area contributed by atoms with Gasteiger partial charge in [-0.25, -0.2) is 9.78 Å². The number of carboxylic acids is 1. The molecule has 0 radical (unpaired) electrons. The number of benzene rings is 1. The minimum Gasteiger partial charge on any atom is -0.481 e. The van der Waals surface area contributed by atoms with Crippen LogP contribution in [0.5, 0.6) is 0 Å². The van der Waals surface area contributed by atoms with Crippen LogP contribution in [0, 0.1) is 5.92 Å². The zero-order valence-corrected chi connectivity index (χ0v) is 20.9. The van der Waals surface area contributed by atoms with E-state index >= 15 is 0 Å². The molecule has 1 amide bonds. The lowest BCUT2D eigenvalue weighted by atomic mass is 9.85. The maximum absolute atomic E-state index is 12.6. The fourth-order valence-corrected chi connectivity index (χ4v) is 6.35. The van der Waals surface area contributed by atoms with E-state index in [-0.39, 0.29) is 30.2 Å². The SMILES string of the molecule is COC(=O)N1c2ccc3c(nc(CC[C@H]4CCCCO4)n3[C@@H]3CCC[C@@H](C(=O)O)C3)c2CC[C@@H]1C. The summed E-state index contributed by atoms with van der Waals surface area (Å²) in [5.41, 5.74) is 3.96. The third-order valence-corrected chi connectivity index (χ3v) is 8.22. The number of carboxylic acid groups (broad SMARTS) is 1. The Hall–Kier alpha value is -2.61. The van der Waals surface area contributed by atoms with E-state index in [9.17, 15) is 14.7 Å². The molecule has 0 unspecified atom stereocenters. The molecule has 0 spiro atoms. The molecule has 2 aromatic rings. The van der Waals surface area contributed by atoms with Gasteiger partial charge in [-0.2, -0.15) is 0 Å². The molecular weight excluding hydrogens is 446 g/mol. The molecule has 3 aliphatic rings. The summed E-state index contributed by atoms with van der Waals surface area (Å²) in [4.78, 5) is 31.3. The molecule has 0 bridgehead atoms. The number of ether oxygens (including phenoxy) is 2. The molecule has 1 N–H and O–H groups in total. The van der Waals surface area contributed by atoms with Crippen LogP contribution in [0.4, 0.5) is 10.5 Å². The van der Waals surface area contributed by atoms with Gasteiger partial charge in [0.2, 0.25) is 0 Å². The monoisotopic (exact) mass is 483 g/mol. The highest BCUT2D eigenvalue weighted by Gasteiger charge is 2.34. The smallest absolute Gasteiger partial charge is 0.414 e. The molecule has 2 fully saturated rings. The van der Waals surface area contributed by atoms with Crippen LogP contribution in [0.2, 0.25) is 0 Å². The standard InChI is InChI=1S/C27H37N3O5/c1-17-9-11-21-22(29(17)27(33)34-2)12-13-23-25(21)28-24(14-10-20-8-3-4-15-35-20)30(23)19-7-5-6-18(16-19)26(31)32/h12-13,17-20H,3-11,14-16H2,1-2H3,(H,31,32)/t17-,18+,19+,20+/m0/s1. The van der Waals surface area contributed by atoms with E-state index in [2.05, 4.69) is 10.6 Å². The molecule has 5 rings (SSSR count). The molecule has 190 valence electrons. The van der Waals surface area contributed by atoms with Crippen LogP contribution < -0.4 is 4.90 Å². The van der Waals surface area contributed by atoms with E-state index in [1.165, 1.54) is 13.5 Å². The van der Waals surface area contributed by atoms with Crippen molar-refractivity contribution in [1.29, 1.82) is 0 Å². The summed E-state index contributed by atoms with van der Waals surface area (Å²) in [5.74, 6) is 0.00670. The second-order valence-electron chi connectivity index (χ2n) is 10.4. The predicted molar refractivity (Wildman–Crippen MR) is 133 cm³/mol. The van der Waals surface area contributed by atoms with Crippen LogP contribution in [0.15, 0.2) is 12.1 Å². The topological polar surface area (TPSA) is 93.9 Å². The molecule has 1 aliphatic carbocycles. The highest BCUT2D eigenvalue weighted by molar-refractivity contribution is 5.95. The molecule has 8 nitrogen and oxygen atoms in total. The summed E-state index contributed by atoms with van der Waals surface area (Å²) in [6.45, 7) is 2.88. The van der Waals surface area contributed by atoms with Crippen LogP contribution in [-0.4, -0.2) is 52.6 Å². The molecule has 1 aromatic carbocycles. The van der Waals surface area contributed by atoms with Crippen molar-refractivity contribution in [2.45, 2.75) is 95.7 Å². The highest BCUT2D eigenvalue weighted by atomic mass is 16.5. The first-order chi connectivity index (χ1) is 17.0. The van der Waals surface area contributed by atoms with Crippen molar-refractivity contribution in [2.24, 2.45) is 5.92 Å². The molecular formula is C27H37N3O5. The molecule has 1 aromatic heterocycles. The number of hydrogen-bond donors (Lipinski definition) is 1. The first kappa shape index (κ1) is 24.1. The Labute approximate surface area is 206 Å². The number of imidazole rings is 1. The summed E-state index contributed by atoms with van der Waals surface area (Å²) < 4.78 is 13.4. The van der Waals surface area contributed by atoms with Gasteiger partial charge in [0.1, 0.15) is 5.82 Å². The van der Waals surface area contributed by atoms with Crippen molar-refractivity contribution in [3.8, 4) is 0 Å². The Kier molecular flexibility index (Phi) is 7.00. The molecule has 4 atom stereocenters. The average molecular weight is 484 g/mol. The number of anilines is 1. The lowest BCUT2D eigenvalue weighted by Gasteiger charge is -2.34. The van der Waals surface area contributed by atoms with Crippen molar-refractivity contribution < 1.29 is 24.2 Å². The zero-order valence-electron chi connectivity index (χ0n) is 20.9. The lowest BCUT2D eigenvalue weighted by Crippen LogP contribution is -2.42. The summed E-state index contributed by atoms with van der Waals surface area (Å²) >= 11 is 0. The number of aliphatic carboxylic acids is 1. The van der Waals surface area contributed by atoms with Crippen LogP contribution in [0.25, 0.3) is 11.0 Å². The number of aryl methyl sites for hydroxylation is 2. The Morgan fingerprint density at radius 3 is 2.77 bits per heavy atom. The predicted octanol–water partition coefficient (Wildman–Crippen LogP) is 5.26. The van der Waals surface area contributed by atoms with Crippen molar-refractivity contribution in [3.05, 3.63) is 23.5 Å². The van der Waals surface area contributed by atoms with Crippen LogP contribution in [0.3, 0.4) is 0 Å². The van der Waals surface area contributed by atoms with Gasteiger partial charge in [-0.1, -0.05) is 6.42 Å². The minimum atomic E-state index is -0.698. The number of rotatable bonds is 5. The second-order valence-corrected chi connectivity index (χ2v) is 10.4. The van der Waals surface area contributed by atoms with Crippen molar-refractivity contribution >= 4 is 28.8 Å². The number of aromatic nitrogens is 2. The molecule has 8 heteroatoms. The number of nitrogens with zero attached hydrogens (tertiary/aromatic N) is 3. The lowest BCUT2D eigenvalue weighted by molar-refractivity contribution is -0.143. The summed E-state index contributed by atoms with van der Waals surface area (Å²) in [7, 11) is 1.42. The fraction of sp³-hybridized carbons (Fsp3) is 0.667. The Morgan fingerprint density at radius 2 is 2.03 bits per heavy atom. The van der Waals surface area contributed by atoms with E-state index in [1.807, 2.05) is 13.0 Å². The van der Waals surface area contributed by atoms with Crippen LogP contribution in [-0.2, 0) is 27.1 Å². The Balaban J connectivity index is 1.56. The van der Waals surface area contributed by atoms with E-state index in [0.717, 1.165) is 92.5 Å². The van der Waals surface area contributed by atoms with E-state index in [4.69, 9.17) is 14.5 Å². The van der Waals surface area contributed by atoms with Gasteiger partial charge >= 0.3 is 12.1 Å². The van der Waals surface area contributed by atoms with Gasteiger partial charge in [0, 0.05) is 30.7 Å². The van der Waals surface area contributed by atoms with Gasteiger partial charge in [-0.05, 0) is 76.8 Å². The van der Waals surface area contributed by atoms with E-state index in [1.54, 1.807) is 4.90 Å². The van der Waals surface area contributed by atoms with Gasteiger partial charge in [-0.15, -0.1) is 0 Å². The van der Waals surface area contributed by atoms with Crippen molar-refractivity contribution in [1.82, 2.24) is 9.55 Å². The van der Waals surface area contributed by atoms with E-state index in [0.29, 0.717) is 6.42 Å². The van der Waals surface area contributed by atoms with Crippen LogP contribution >= 0.6 is 0 Å². The van der Waals surface area contributed by atoms with E-state index < -0.39 is 5.97 Å². The molecule has 1 saturated heterocycles. The second kappa shape index (κ2) is 10.2. The normalized spacial score (nSPS) is 27.0. The zero-order chi connectivity index (χ0) is 24.5. The number of carbonyl (C=O) groups is 2. The van der Waals surface area contributed by atoms with Gasteiger partial charge in [0.15, 0.2) is 0 Å². The van der Waals surface area contributed by atoms with Crippen molar-refractivity contribution in [3.63, 3.8) is 0 Å². The largest absolute Gasteiger partial charge is 0.481 e. The van der Waals surface area contributed by atoms with Gasteiger partial charge in [-0.3, -0.25) is 9.69 Å². The molecule has 1 saturated carbocycles. The summed E-state index contributed by atoms with van der Waals surface area (Å²) in [6.07, 6.45) is 10.0. The number of methoxy groups -OCH3 is 1. The molecule has 3 heterocycles. The number of fused-ring (bicyclic) bond motifs is 3. The molecule has 35 heavy (non-hydrogen) atoms. The van der Waals surface area contributed by atoms with Gasteiger partial charge in [0.05, 0.1) is 35.9 Å². The number of amides is 1. The third-order valence-electron chi connectivity index (χ3n) is 8.22. The van der Waals surface area contributed by atoms with Crippen molar-refractivity contribution in [2.75, 3.05) is 18.6 Å². The average Bonchev–Trinajstić information content (AvgIpc) is 3.26. The van der Waals surface area contributed by atoms with Gasteiger partial charge < -0.3 is 19.1 Å². The third kappa shape index (κ3) is 4.65. The summed E-state index contributed by atoms with van der Waals surface area (Å²) in [5, 5.41) is 9.71. The Bertz CT molecular complexity index is 1090. The quantitative estimate of drug-likeness (QED) is 0.623. The number of carbonyl (C=O) groups excluding carboxylic acids is 1. The minimum absolute atomic E-state index is 0.0621. The number of hydrogen-bond acceptors (Lipinski definition) is 5. The first-order valence-corrected chi connectivity index (χ1v) is 13.2. The Morgan fingerprint density at radius 1 is 1.17 bits per heavy atom. The summed E-state index contributed by atoms with van der Waals surface area (Å²) in [6, 6.07) is 4.27. The van der Waals surface area contributed by atoms with Gasteiger partial charge in [0.25, 0.3) is 0 Å². The highest BCUT2D eigenvalue weighted by Crippen LogP contribution is 2.41.